The van der Waals surface area contributed by atoms with E-state index in [1.54, 1.807) is 13.2 Å². The fourth-order valence-corrected chi connectivity index (χ4v) is 5.85. The number of piperidine rings is 1. The molecule has 0 bridgehead atoms. The van der Waals surface area contributed by atoms with Crippen molar-refractivity contribution in [2.24, 2.45) is 0 Å². The third-order valence-corrected chi connectivity index (χ3v) is 8.71. The number of carbonyl (C=O) groups is 2. The summed E-state index contributed by atoms with van der Waals surface area (Å²) in [6.45, 7) is 12.7. The first kappa shape index (κ1) is 36.9. The standard InChI is InChI=1S/C39H54N4O5/c1-38(2,3)48-21-18-40-36(45)29-23-30(25-32(24-29)43-19-11-8-12-20-43)37(46)42-34(22-28-14-9-7-10-15-28)35(44)27-41-39(4,5)31-16-13-17-33(26-31)47-6/h7,9-10,13-17,23-26,34-35,41,44H,8,11-12,18-22,27H2,1-6H3,(H,40,45)(H,42,46)/t34-,35+/m0/s1. The minimum absolute atomic E-state index is 0.236. The third-order valence-electron chi connectivity index (χ3n) is 8.71. The van der Waals surface area contributed by atoms with Crippen LogP contribution in [0.4, 0.5) is 5.69 Å². The molecule has 1 fully saturated rings. The van der Waals surface area contributed by atoms with Gasteiger partial charge in [-0.2, -0.15) is 0 Å². The molecule has 260 valence electrons. The summed E-state index contributed by atoms with van der Waals surface area (Å²) >= 11 is 0. The van der Waals surface area contributed by atoms with E-state index in [2.05, 4.69) is 20.9 Å². The van der Waals surface area contributed by atoms with Crippen molar-refractivity contribution in [1.29, 1.82) is 0 Å². The second-order valence-electron chi connectivity index (χ2n) is 14.1. The fraction of sp³-hybridized carbons (Fsp3) is 0.487. The van der Waals surface area contributed by atoms with E-state index in [0.717, 1.165) is 48.5 Å². The Balaban J connectivity index is 1.54. The monoisotopic (exact) mass is 658 g/mol. The molecule has 0 unspecified atom stereocenters. The molecule has 2 amide bonds. The van der Waals surface area contributed by atoms with Crippen molar-refractivity contribution in [1.82, 2.24) is 16.0 Å². The molecule has 0 aromatic heterocycles. The Morgan fingerprint density at radius 2 is 1.56 bits per heavy atom. The van der Waals surface area contributed by atoms with Gasteiger partial charge < -0.3 is 35.4 Å². The van der Waals surface area contributed by atoms with E-state index in [-0.39, 0.29) is 24.0 Å². The van der Waals surface area contributed by atoms with Crippen molar-refractivity contribution in [3.8, 4) is 5.75 Å². The average molecular weight is 659 g/mol. The van der Waals surface area contributed by atoms with Crippen LogP contribution < -0.4 is 25.6 Å². The van der Waals surface area contributed by atoms with Crippen molar-refractivity contribution in [3.05, 3.63) is 95.1 Å². The first-order valence-corrected chi connectivity index (χ1v) is 17.1. The van der Waals surface area contributed by atoms with Crippen molar-refractivity contribution < 1.29 is 24.2 Å². The second kappa shape index (κ2) is 17.0. The van der Waals surface area contributed by atoms with Crippen LogP contribution in [0.15, 0.2) is 72.8 Å². The molecule has 0 spiro atoms. The molecule has 3 aromatic carbocycles. The zero-order valence-electron chi connectivity index (χ0n) is 29.5. The lowest BCUT2D eigenvalue weighted by Crippen LogP contribution is -2.51. The number of amides is 2. The van der Waals surface area contributed by atoms with Gasteiger partial charge in [0.1, 0.15) is 5.75 Å². The molecule has 0 radical (unpaired) electrons. The normalized spacial score (nSPS) is 15.0. The Bertz CT molecular complexity index is 1480. The van der Waals surface area contributed by atoms with Gasteiger partial charge in [-0.1, -0.05) is 42.5 Å². The van der Waals surface area contributed by atoms with Gasteiger partial charge in [0.05, 0.1) is 31.5 Å². The Morgan fingerprint density at radius 1 is 0.875 bits per heavy atom. The Labute approximate surface area is 286 Å². The van der Waals surface area contributed by atoms with Gasteiger partial charge in [-0.25, -0.2) is 0 Å². The van der Waals surface area contributed by atoms with Crippen LogP contribution >= 0.6 is 0 Å². The molecule has 1 aliphatic rings. The number of carbonyl (C=O) groups excluding carboxylic acids is 2. The molecule has 9 heteroatoms. The van der Waals surface area contributed by atoms with Crippen molar-refractivity contribution in [3.63, 3.8) is 0 Å². The molecular weight excluding hydrogens is 604 g/mol. The van der Waals surface area contributed by atoms with Gasteiger partial charge in [0.15, 0.2) is 0 Å². The predicted octanol–water partition coefficient (Wildman–Crippen LogP) is 5.46. The van der Waals surface area contributed by atoms with Crippen LogP contribution in [-0.4, -0.2) is 74.6 Å². The minimum Gasteiger partial charge on any atom is -0.497 e. The number of nitrogens with one attached hydrogen (secondary N) is 3. The smallest absolute Gasteiger partial charge is 0.251 e. The van der Waals surface area contributed by atoms with Crippen LogP contribution in [0, 0.1) is 0 Å². The van der Waals surface area contributed by atoms with Gasteiger partial charge >= 0.3 is 0 Å². The van der Waals surface area contributed by atoms with Crippen LogP contribution in [0.2, 0.25) is 0 Å². The van der Waals surface area contributed by atoms with Crippen LogP contribution in [0.1, 0.15) is 85.7 Å². The molecule has 3 aromatic rings. The maximum Gasteiger partial charge on any atom is 0.251 e. The van der Waals surface area contributed by atoms with Crippen LogP contribution in [0.3, 0.4) is 0 Å². The molecule has 1 aliphatic heterocycles. The molecule has 48 heavy (non-hydrogen) atoms. The maximum atomic E-state index is 14.0. The molecule has 1 heterocycles. The number of hydrogen-bond acceptors (Lipinski definition) is 7. The average Bonchev–Trinajstić information content (AvgIpc) is 3.09. The van der Waals surface area contributed by atoms with Gasteiger partial charge in [-0.05, 0) is 102 Å². The first-order chi connectivity index (χ1) is 22.8. The summed E-state index contributed by atoms with van der Waals surface area (Å²) in [6, 6.07) is 22.4. The lowest BCUT2D eigenvalue weighted by atomic mass is 9.93. The highest BCUT2D eigenvalue weighted by Crippen LogP contribution is 2.26. The van der Waals surface area contributed by atoms with Crippen LogP contribution in [0.5, 0.6) is 5.75 Å². The summed E-state index contributed by atoms with van der Waals surface area (Å²) in [5.41, 5.74) is 2.88. The van der Waals surface area contributed by atoms with E-state index in [0.29, 0.717) is 30.7 Å². The number of aliphatic hydroxyl groups excluding tert-OH is 1. The van der Waals surface area contributed by atoms with Crippen LogP contribution in [-0.2, 0) is 16.7 Å². The highest BCUT2D eigenvalue weighted by Gasteiger charge is 2.27. The maximum absolute atomic E-state index is 14.0. The van der Waals surface area contributed by atoms with E-state index in [4.69, 9.17) is 9.47 Å². The van der Waals surface area contributed by atoms with Crippen LogP contribution in [0.25, 0.3) is 0 Å². The van der Waals surface area contributed by atoms with Crippen molar-refractivity contribution in [2.45, 2.75) is 83.6 Å². The predicted molar refractivity (Wildman–Crippen MR) is 192 cm³/mol. The number of ether oxygens (including phenoxy) is 2. The number of methoxy groups -OCH3 is 1. The molecular formula is C39H54N4O5. The quantitative estimate of drug-likeness (QED) is 0.161. The molecule has 2 atom stereocenters. The van der Waals surface area contributed by atoms with Gasteiger partial charge in [0.2, 0.25) is 0 Å². The Morgan fingerprint density at radius 3 is 2.23 bits per heavy atom. The summed E-state index contributed by atoms with van der Waals surface area (Å²) < 4.78 is 11.2. The van der Waals surface area contributed by atoms with Crippen molar-refractivity contribution in [2.75, 3.05) is 44.8 Å². The topological polar surface area (TPSA) is 112 Å². The molecule has 0 aliphatic carbocycles. The lowest BCUT2D eigenvalue weighted by Gasteiger charge is -2.32. The zero-order valence-corrected chi connectivity index (χ0v) is 29.5. The van der Waals surface area contributed by atoms with Crippen molar-refractivity contribution >= 4 is 17.5 Å². The van der Waals surface area contributed by atoms with E-state index >= 15 is 0 Å². The third kappa shape index (κ3) is 11.1. The zero-order chi connectivity index (χ0) is 34.7. The summed E-state index contributed by atoms with van der Waals surface area (Å²) in [7, 11) is 1.64. The Kier molecular flexibility index (Phi) is 13.0. The second-order valence-corrected chi connectivity index (χ2v) is 14.1. The fourth-order valence-electron chi connectivity index (χ4n) is 5.85. The summed E-state index contributed by atoms with van der Waals surface area (Å²) in [6.07, 6.45) is 2.82. The molecule has 0 saturated carbocycles. The highest BCUT2D eigenvalue weighted by atomic mass is 16.5. The molecule has 9 nitrogen and oxygen atoms in total. The van der Waals surface area contributed by atoms with Gasteiger partial charge in [0, 0.05) is 48.5 Å². The lowest BCUT2D eigenvalue weighted by molar-refractivity contribution is -0.000657. The largest absolute Gasteiger partial charge is 0.497 e. The molecule has 4 N–H and O–H groups in total. The number of aliphatic hydroxyl groups is 1. The van der Waals surface area contributed by atoms with E-state index in [1.165, 1.54) is 6.42 Å². The highest BCUT2D eigenvalue weighted by molar-refractivity contribution is 6.01. The summed E-state index contributed by atoms with van der Waals surface area (Å²) in [4.78, 5) is 29.5. The number of hydrogen-bond donors (Lipinski definition) is 4. The number of nitrogens with zero attached hydrogens (tertiary/aromatic N) is 1. The summed E-state index contributed by atoms with van der Waals surface area (Å²) in [5.74, 6) is 0.159. The molecule has 1 saturated heterocycles. The summed E-state index contributed by atoms with van der Waals surface area (Å²) in [5, 5.41) is 21.1. The first-order valence-electron chi connectivity index (χ1n) is 17.1. The van der Waals surface area contributed by atoms with Gasteiger partial charge in [0.25, 0.3) is 11.8 Å². The van der Waals surface area contributed by atoms with Gasteiger partial charge in [-0.15, -0.1) is 0 Å². The van der Waals surface area contributed by atoms with E-state index < -0.39 is 17.7 Å². The Hall–Kier alpha value is -3.92. The van der Waals surface area contributed by atoms with Gasteiger partial charge in [-0.3, -0.25) is 9.59 Å². The number of rotatable bonds is 15. The van der Waals surface area contributed by atoms with E-state index in [1.807, 2.05) is 101 Å². The minimum atomic E-state index is -0.907. The SMILES string of the molecule is COc1cccc(C(C)(C)NC[C@@H](O)[C@H](Cc2ccccc2)NC(=O)c2cc(C(=O)NCCOC(C)(C)C)cc(N3CCCCC3)c2)c1. The molecule has 4 rings (SSSR count). The number of benzene rings is 3. The van der Waals surface area contributed by atoms with E-state index in [9.17, 15) is 14.7 Å². The number of anilines is 1.